The van der Waals surface area contributed by atoms with Crippen LogP contribution < -0.4 is 15.4 Å². The van der Waals surface area contributed by atoms with Crippen molar-refractivity contribution in [3.63, 3.8) is 0 Å². The summed E-state index contributed by atoms with van der Waals surface area (Å²) in [6, 6.07) is 6.35. The lowest BCUT2D eigenvalue weighted by atomic mass is 10.1. The maximum Gasteiger partial charge on any atom is 0.191 e. The topological polar surface area (TPSA) is 72.7 Å². The molecule has 2 N–H and O–H groups in total. The van der Waals surface area contributed by atoms with Crippen molar-refractivity contribution < 1.29 is 9.47 Å². The van der Waals surface area contributed by atoms with Gasteiger partial charge in [-0.2, -0.15) is 5.10 Å². The van der Waals surface area contributed by atoms with Gasteiger partial charge in [0.1, 0.15) is 5.75 Å². The molecule has 0 bridgehead atoms. The number of guanidine groups is 1. The third-order valence-corrected chi connectivity index (χ3v) is 5.37. The molecule has 0 saturated carbocycles. The van der Waals surface area contributed by atoms with Crippen LogP contribution in [0.3, 0.4) is 0 Å². The summed E-state index contributed by atoms with van der Waals surface area (Å²) >= 11 is 0. The van der Waals surface area contributed by atoms with E-state index in [1.165, 1.54) is 24.0 Å². The lowest BCUT2D eigenvalue weighted by Crippen LogP contribution is -2.36. The quantitative estimate of drug-likeness (QED) is 0.304. The fourth-order valence-corrected chi connectivity index (χ4v) is 3.43. The summed E-state index contributed by atoms with van der Waals surface area (Å²) in [6.07, 6.45) is 3.46. The number of nitrogens with zero attached hydrogens (tertiary/aromatic N) is 3. The molecule has 0 aliphatic rings. The summed E-state index contributed by atoms with van der Waals surface area (Å²) in [5, 5.41) is 11.4. The highest BCUT2D eigenvalue weighted by Crippen LogP contribution is 2.21. The van der Waals surface area contributed by atoms with Gasteiger partial charge in [0.2, 0.25) is 0 Å². The second-order valence-corrected chi connectivity index (χ2v) is 7.81. The van der Waals surface area contributed by atoms with Crippen molar-refractivity contribution >= 4 is 5.96 Å². The Hall–Kier alpha value is -2.54. The van der Waals surface area contributed by atoms with Crippen LogP contribution in [0, 0.1) is 20.8 Å². The summed E-state index contributed by atoms with van der Waals surface area (Å²) < 4.78 is 13.2. The van der Waals surface area contributed by atoms with E-state index in [9.17, 15) is 0 Å². The molecule has 0 aliphatic carbocycles. The van der Waals surface area contributed by atoms with E-state index in [4.69, 9.17) is 9.47 Å². The summed E-state index contributed by atoms with van der Waals surface area (Å²) in [5.41, 5.74) is 5.70. The van der Waals surface area contributed by atoms with E-state index in [0.29, 0.717) is 19.7 Å². The minimum absolute atomic E-state index is 0.647. The average Bonchev–Trinajstić information content (AvgIpc) is 3.03. The first-order chi connectivity index (χ1) is 15.0. The zero-order valence-corrected chi connectivity index (χ0v) is 20.0. The first-order valence-electron chi connectivity index (χ1n) is 11.2. The third kappa shape index (κ3) is 7.58. The third-order valence-electron chi connectivity index (χ3n) is 5.37. The van der Waals surface area contributed by atoms with Gasteiger partial charge in [-0.1, -0.05) is 31.9 Å². The van der Waals surface area contributed by atoms with Crippen LogP contribution in [0.4, 0.5) is 0 Å². The predicted octanol–water partition coefficient (Wildman–Crippen LogP) is 3.89. The highest BCUT2D eigenvalue weighted by molar-refractivity contribution is 5.79. The highest BCUT2D eigenvalue weighted by atomic mass is 16.5. The van der Waals surface area contributed by atoms with E-state index < -0.39 is 0 Å². The molecular formula is C24H39N5O2. The zero-order chi connectivity index (χ0) is 22.6. The molecule has 1 aromatic carbocycles. The van der Waals surface area contributed by atoms with E-state index >= 15 is 0 Å². The molecule has 7 nitrogen and oxygen atoms in total. The molecule has 1 heterocycles. The van der Waals surface area contributed by atoms with Crippen molar-refractivity contribution in [1.29, 1.82) is 0 Å². The molecular weight excluding hydrogens is 390 g/mol. The number of aryl methyl sites for hydroxylation is 2. The fraction of sp³-hybridized carbons (Fsp3) is 0.583. The number of benzene rings is 1. The minimum Gasteiger partial charge on any atom is -0.493 e. The smallest absolute Gasteiger partial charge is 0.191 e. The minimum atomic E-state index is 0.647. The van der Waals surface area contributed by atoms with Gasteiger partial charge in [-0.05, 0) is 38.8 Å². The van der Waals surface area contributed by atoms with Gasteiger partial charge in [-0.3, -0.25) is 9.67 Å². The molecule has 1 aromatic heterocycles. The Morgan fingerprint density at radius 3 is 2.58 bits per heavy atom. The predicted molar refractivity (Wildman–Crippen MR) is 127 cm³/mol. The van der Waals surface area contributed by atoms with E-state index in [1.54, 1.807) is 14.2 Å². The summed E-state index contributed by atoms with van der Waals surface area (Å²) in [5.74, 6) is 1.70. The maximum atomic E-state index is 6.06. The Bertz CT molecular complexity index is 845. The lowest BCUT2D eigenvalue weighted by Gasteiger charge is -2.16. The molecule has 0 radical (unpaired) electrons. The van der Waals surface area contributed by atoms with Gasteiger partial charge in [0, 0.05) is 44.1 Å². The molecule has 2 rings (SSSR count). The first-order valence-corrected chi connectivity index (χ1v) is 11.2. The van der Waals surface area contributed by atoms with Crippen molar-refractivity contribution in [3.8, 4) is 5.75 Å². The fourth-order valence-electron chi connectivity index (χ4n) is 3.43. The Kier molecular flexibility index (Phi) is 10.4. The second-order valence-electron chi connectivity index (χ2n) is 7.81. The van der Waals surface area contributed by atoms with Crippen LogP contribution in [-0.4, -0.2) is 43.1 Å². The van der Waals surface area contributed by atoms with Crippen LogP contribution in [-0.2, 0) is 24.4 Å². The van der Waals surface area contributed by atoms with Crippen LogP contribution in [0.2, 0.25) is 0 Å². The van der Waals surface area contributed by atoms with Gasteiger partial charge in [0.05, 0.1) is 25.5 Å². The molecule has 2 aromatic rings. The van der Waals surface area contributed by atoms with E-state index in [1.807, 2.05) is 11.6 Å². The number of hydrogen-bond acceptors (Lipinski definition) is 4. The number of methoxy groups -OCH3 is 1. The molecule has 0 saturated heterocycles. The number of aromatic nitrogens is 2. The Labute approximate surface area is 187 Å². The van der Waals surface area contributed by atoms with Crippen molar-refractivity contribution in [1.82, 2.24) is 20.4 Å². The van der Waals surface area contributed by atoms with Crippen molar-refractivity contribution in [2.45, 2.75) is 66.6 Å². The molecule has 0 aliphatic heterocycles. The van der Waals surface area contributed by atoms with E-state index in [-0.39, 0.29) is 0 Å². The zero-order valence-electron chi connectivity index (χ0n) is 20.0. The van der Waals surface area contributed by atoms with Gasteiger partial charge < -0.3 is 20.1 Å². The number of aliphatic imine (C=N–C) groups is 1. The first kappa shape index (κ1) is 24.7. The Morgan fingerprint density at radius 2 is 1.87 bits per heavy atom. The molecule has 0 amide bonds. The van der Waals surface area contributed by atoms with Crippen LogP contribution in [0.5, 0.6) is 5.75 Å². The van der Waals surface area contributed by atoms with Gasteiger partial charge >= 0.3 is 0 Å². The van der Waals surface area contributed by atoms with Gasteiger partial charge in [0.25, 0.3) is 0 Å². The number of nitrogens with one attached hydrogen (secondary N) is 2. The number of hydrogen-bond donors (Lipinski definition) is 2. The lowest BCUT2D eigenvalue weighted by molar-refractivity contribution is 0.182. The normalized spacial score (nSPS) is 11.6. The van der Waals surface area contributed by atoms with Gasteiger partial charge in [0.15, 0.2) is 5.96 Å². The number of rotatable bonds is 12. The average molecular weight is 430 g/mol. The largest absolute Gasteiger partial charge is 0.493 e. The standard InChI is InChI=1S/C24H39N5O2/c1-7-8-9-13-31-23-15-18(2)10-11-21(23)16-26-24(25-5)27-17-22-19(3)28-29(20(22)4)12-14-30-6/h10-11,15H,7-9,12-14,16-17H2,1-6H3,(H2,25,26,27). The van der Waals surface area contributed by atoms with Crippen molar-refractivity contribution in [3.05, 3.63) is 46.3 Å². The number of unbranched alkanes of at least 4 members (excludes halogenated alkanes) is 2. The molecule has 7 heteroatoms. The van der Waals surface area contributed by atoms with Crippen LogP contribution >= 0.6 is 0 Å². The summed E-state index contributed by atoms with van der Waals surface area (Å²) in [4.78, 5) is 4.37. The molecule has 0 unspecified atom stereocenters. The molecule has 31 heavy (non-hydrogen) atoms. The Balaban J connectivity index is 1.95. The molecule has 172 valence electrons. The number of ether oxygens (including phenoxy) is 2. The second kappa shape index (κ2) is 13.0. The van der Waals surface area contributed by atoms with Crippen molar-refractivity contribution in [2.75, 3.05) is 27.4 Å². The monoisotopic (exact) mass is 429 g/mol. The van der Waals surface area contributed by atoms with Crippen LogP contribution in [0.1, 0.15) is 54.3 Å². The van der Waals surface area contributed by atoms with Gasteiger partial charge in [-0.15, -0.1) is 0 Å². The van der Waals surface area contributed by atoms with E-state index in [0.717, 1.165) is 48.2 Å². The van der Waals surface area contributed by atoms with Crippen LogP contribution in [0.25, 0.3) is 0 Å². The molecule has 0 atom stereocenters. The SMILES string of the molecule is CCCCCOc1cc(C)ccc1CNC(=NC)NCc1c(C)nn(CCOC)c1C. The summed E-state index contributed by atoms with van der Waals surface area (Å²) in [7, 11) is 3.49. The van der Waals surface area contributed by atoms with Gasteiger partial charge in [-0.25, -0.2) is 0 Å². The highest BCUT2D eigenvalue weighted by Gasteiger charge is 2.12. The van der Waals surface area contributed by atoms with E-state index in [2.05, 4.69) is 59.7 Å². The molecule has 0 spiro atoms. The van der Waals surface area contributed by atoms with Crippen LogP contribution in [0.15, 0.2) is 23.2 Å². The van der Waals surface area contributed by atoms with Crippen molar-refractivity contribution in [2.24, 2.45) is 4.99 Å². The Morgan fingerprint density at radius 1 is 1.10 bits per heavy atom. The summed E-state index contributed by atoms with van der Waals surface area (Å²) in [6.45, 7) is 11.9. The molecule has 0 fully saturated rings. The maximum absolute atomic E-state index is 6.06.